The number of hydrogen-bond acceptors (Lipinski definition) is 4. The summed E-state index contributed by atoms with van der Waals surface area (Å²) in [6, 6.07) is 5.69. The maximum Gasteiger partial charge on any atom is 0.522 e. The molecule has 0 fully saturated rings. The van der Waals surface area contributed by atoms with E-state index in [2.05, 4.69) is 0 Å². The van der Waals surface area contributed by atoms with Crippen molar-refractivity contribution in [2.45, 2.75) is 29.7 Å². The Labute approximate surface area is 157 Å². The molecule has 0 spiro atoms. The molecule has 0 saturated heterocycles. The second-order valence-electron chi connectivity index (χ2n) is 5.70. The summed E-state index contributed by atoms with van der Waals surface area (Å²) in [5.74, 6) is -11.5. The topological polar surface area (TPSA) is 60.9 Å². The number of rotatable bonds is 2. The number of fused-ring (bicyclic) bond motifs is 1. The van der Waals surface area contributed by atoms with Gasteiger partial charge in [-0.3, -0.25) is 4.55 Å². The van der Waals surface area contributed by atoms with Crippen LogP contribution in [-0.4, -0.2) is 56.8 Å². The van der Waals surface area contributed by atoms with Crippen LogP contribution in [0.4, 0.5) is 55.3 Å². The van der Waals surface area contributed by atoms with Crippen LogP contribution in [0.5, 0.6) is 0 Å². The van der Waals surface area contributed by atoms with Gasteiger partial charge in [0.05, 0.1) is 11.4 Å². The van der Waals surface area contributed by atoms with E-state index in [9.17, 15) is 43.9 Å². The van der Waals surface area contributed by atoms with Gasteiger partial charge in [-0.1, -0.05) is 12.1 Å². The molecular weight excluding hydrogens is 454 g/mol. The van der Waals surface area contributed by atoms with E-state index in [0.717, 1.165) is 23.9 Å². The average molecular weight is 466 g/mol. The van der Waals surface area contributed by atoms with Crippen molar-refractivity contribution >= 4 is 21.5 Å². The van der Waals surface area contributed by atoms with Gasteiger partial charge in [0.1, 0.15) is 0 Å². The highest BCUT2D eigenvalue weighted by Crippen LogP contribution is 2.53. The van der Waals surface area contributed by atoms with Crippen molar-refractivity contribution in [1.82, 2.24) is 0 Å². The lowest BCUT2D eigenvalue weighted by Gasteiger charge is -2.38. The van der Waals surface area contributed by atoms with Crippen LogP contribution < -0.4 is 9.80 Å². The Morgan fingerprint density at radius 3 is 1.38 bits per heavy atom. The third-order valence-electron chi connectivity index (χ3n) is 3.77. The predicted molar refractivity (Wildman–Crippen MR) is 80.6 cm³/mol. The summed E-state index contributed by atoms with van der Waals surface area (Å²) in [4.78, 5) is 1.43. The highest BCUT2D eigenvalue weighted by atomic mass is 32.2. The van der Waals surface area contributed by atoms with Crippen molar-refractivity contribution in [1.29, 1.82) is 0 Å². The molecule has 168 valence electrons. The van der Waals surface area contributed by atoms with Gasteiger partial charge < -0.3 is 9.80 Å². The zero-order valence-electron chi connectivity index (χ0n) is 14.2. The second kappa shape index (κ2) is 7.37. The van der Waals surface area contributed by atoms with Crippen molar-refractivity contribution in [2.24, 2.45) is 0 Å². The Kier molecular flexibility index (Phi) is 6.37. The maximum absolute atomic E-state index is 13.9. The Hall–Kier alpha value is -1.97. The van der Waals surface area contributed by atoms with Gasteiger partial charge >= 0.3 is 33.6 Å². The maximum atomic E-state index is 13.9. The smallest absolute Gasteiger partial charge is 0.347 e. The van der Waals surface area contributed by atoms with E-state index in [1.54, 1.807) is 0 Å². The lowest BCUT2D eigenvalue weighted by molar-refractivity contribution is -0.358. The third kappa shape index (κ3) is 4.46. The first-order valence-corrected chi connectivity index (χ1v) is 8.52. The first-order chi connectivity index (χ1) is 12.7. The average Bonchev–Trinajstić information content (AvgIpc) is 2.77. The molecule has 1 aromatic rings. The Morgan fingerprint density at radius 2 is 1.14 bits per heavy atom. The van der Waals surface area contributed by atoms with E-state index >= 15 is 0 Å². The zero-order chi connectivity index (χ0) is 23.2. The van der Waals surface area contributed by atoms with Gasteiger partial charge in [0.2, 0.25) is 0 Å². The second-order valence-corrected chi connectivity index (χ2v) is 7.11. The SMILES string of the molecule is CN1c2ccccc2N(C)C1C(F)(F)C(F)(F)C(F)(F)F.O=S(=O)(O)C(F)(F)F. The molecule has 0 aromatic heterocycles. The van der Waals surface area contributed by atoms with E-state index in [0.29, 0.717) is 0 Å². The summed E-state index contributed by atoms with van der Waals surface area (Å²) in [5.41, 5.74) is -5.22. The minimum atomic E-state index is -6.34. The number of hydrogen-bond donors (Lipinski definition) is 1. The standard InChI is InChI=1S/C12H11F7N2.CHF3O3S/c1-20-7-5-3-4-6-8(7)21(2)9(20)10(13,14)11(15,16)12(17,18)19;2-1(3,4)8(5,6)7/h3-6,9H,1-2H3;(H,5,6,7). The van der Waals surface area contributed by atoms with E-state index in [1.807, 2.05) is 0 Å². The molecule has 0 atom stereocenters. The normalized spacial score (nSPS) is 16.4. The van der Waals surface area contributed by atoms with Gasteiger partial charge in [-0.2, -0.15) is 52.3 Å². The molecule has 16 heteroatoms. The molecule has 0 aliphatic carbocycles. The van der Waals surface area contributed by atoms with Crippen molar-refractivity contribution in [3.8, 4) is 0 Å². The largest absolute Gasteiger partial charge is 0.522 e. The van der Waals surface area contributed by atoms with Gasteiger partial charge in [-0.05, 0) is 12.1 Å². The Bertz CT molecular complexity index is 809. The van der Waals surface area contributed by atoms with Crippen LogP contribution in [0.15, 0.2) is 24.3 Å². The molecular formula is C13H12F10N2O3S. The Morgan fingerprint density at radius 1 is 0.828 bits per heavy atom. The monoisotopic (exact) mass is 466 g/mol. The molecule has 0 radical (unpaired) electrons. The molecule has 0 saturated carbocycles. The summed E-state index contributed by atoms with van der Waals surface area (Å²) in [7, 11) is -3.74. The van der Waals surface area contributed by atoms with Crippen LogP contribution in [0.3, 0.4) is 0 Å². The minimum absolute atomic E-state index is 0.155. The molecule has 0 unspecified atom stereocenters. The molecule has 5 nitrogen and oxygen atoms in total. The van der Waals surface area contributed by atoms with Crippen LogP contribution >= 0.6 is 0 Å². The molecule has 29 heavy (non-hydrogen) atoms. The molecule has 1 heterocycles. The fourth-order valence-corrected chi connectivity index (χ4v) is 2.42. The quantitative estimate of drug-likeness (QED) is 0.404. The zero-order valence-corrected chi connectivity index (χ0v) is 15.0. The van der Waals surface area contributed by atoms with Gasteiger partial charge in [0.25, 0.3) is 0 Å². The Balaban J connectivity index is 0.000000447. The molecule has 0 amide bonds. The predicted octanol–water partition coefficient (Wildman–Crippen LogP) is 4.13. The highest BCUT2D eigenvalue weighted by molar-refractivity contribution is 7.86. The van der Waals surface area contributed by atoms with E-state index in [1.165, 1.54) is 24.3 Å². The highest BCUT2D eigenvalue weighted by Gasteiger charge is 2.77. The van der Waals surface area contributed by atoms with Gasteiger partial charge in [-0.15, -0.1) is 0 Å². The third-order valence-corrected chi connectivity index (χ3v) is 4.35. The lowest BCUT2D eigenvalue weighted by atomic mass is 10.1. The van der Waals surface area contributed by atoms with Crippen LogP contribution in [0.25, 0.3) is 0 Å². The van der Waals surface area contributed by atoms with Crippen LogP contribution in [-0.2, 0) is 10.1 Å². The number of halogens is 10. The van der Waals surface area contributed by atoms with Crippen LogP contribution in [0, 0.1) is 0 Å². The minimum Gasteiger partial charge on any atom is -0.347 e. The van der Waals surface area contributed by atoms with E-state index in [4.69, 9.17) is 13.0 Å². The fraction of sp³-hybridized carbons (Fsp3) is 0.538. The van der Waals surface area contributed by atoms with Gasteiger partial charge in [0, 0.05) is 14.1 Å². The van der Waals surface area contributed by atoms with E-state index < -0.39 is 39.8 Å². The lowest BCUT2D eigenvalue weighted by Crippen LogP contribution is -2.65. The number of alkyl halides is 10. The first-order valence-electron chi connectivity index (χ1n) is 7.08. The molecule has 2 rings (SSSR count). The molecule has 1 aliphatic heterocycles. The summed E-state index contributed by atoms with van der Waals surface area (Å²) < 4.78 is 149. The summed E-state index contributed by atoms with van der Waals surface area (Å²) >= 11 is 0. The summed E-state index contributed by atoms with van der Waals surface area (Å²) in [6.45, 7) is 0. The van der Waals surface area contributed by atoms with Gasteiger partial charge in [-0.25, -0.2) is 0 Å². The molecule has 1 aromatic carbocycles. The summed E-state index contributed by atoms with van der Waals surface area (Å²) in [6.07, 6.45) is -8.78. The van der Waals surface area contributed by atoms with Crippen molar-refractivity contribution in [3.05, 3.63) is 24.3 Å². The van der Waals surface area contributed by atoms with E-state index in [-0.39, 0.29) is 11.4 Å². The number of anilines is 2. The fourth-order valence-electron chi connectivity index (χ4n) is 2.42. The van der Waals surface area contributed by atoms with Crippen molar-refractivity contribution in [3.63, 3.8) is 0 Å². The first kappa shape index (κ1) is 25.1. The van der Waals surface area contributed by atoms with Crippen molar-refractivity contribution < 1.29 is 56.9 Å². The summed E-state index contributed by atoms with van der Waals surface area (Å²) in [5, 5.41) is 0. The van der Waals surface area contributed by atoms with Crippen molar-refractivity contribution in [2.75, 3.05) is 23.9 Å². The molecule has 0 bridgehead atoms. The molecule has 1 N–H and O–H groups in total. The number of nitrogens with zero attached hydrogens (tertiary/aromatic N) is 2. The number of benzene rings is 1. The van der Waals surface area contributed by atoms with Gasteiger partial charge in [0.15, 0.2) is 6.17 Å². The molecule has 1 aliphatic rings. The van der Waals surface area contributed by atoms with Crippen LogP contribution in [0.1, 0.15) is 0 Å². The van der Waals surface area contributed by atoms with Crippen LogP contribution in [0.2, 0.25) is 0 Å². The number of para-hydroxylation sites is 2.